The molecule has 1 fully saturated rings. The number of anilines is 2. The Labute approximate surface area is 148 Å². The maximum absolute atomic E-state index is 5.39. The van der Waals surface area contributed by atoms with Gasteiger partial charge in [-0.25, -0.2) is 4.98 Å². The van der Waals surface area contributed by atoms with Crippen LogP contribution in [0.3, 0.4) is 0 Å². The van der Waals surface area contributed by atoms with Gasteiger partial charge < -0.3 is 20.3 Å². The van der Waals surface area contributed by atoms with Gasteiger partial charge >= 0.3 is 0 Å². The van der Waals surface area contributed by atoms with Crippen LogP contribution in [0.2, 0.25) is 0 Å². The number of rotatable bonds is 4. The number of thiocarbonyl (C=S) groups is 1. The van der Waals surface area contributed by atoms with Crippen molar-refractivity contribution < 1.29 is 4.74 Å². The van der Waals surface area contributed by atoms with E-state index in [2.05, 4.69) is 44.8 Å². The summed E-state index contributed by atoms with van der Waals surface area (Å²) < 4.78 is 5.39. The molecule has 2 aromatic rings. The SMILES string of the molecule is Cc1ccc(NC(=S)NCc2ccc(N3CCOCC3)cc2)nc1. The molecule has 0 saturated carbocycles. The molecule has 0 radical (unpaired) electrons. The average molecular weight is 342 g/mol. The Hall–Kier alpha value is -2.18. The molecule has 1 aromatic carbocycles. The van der Waals surface area contributed by atoms with Crippen molar-refractivity contribution in [1.29, 1.82) is 0 Å². The number of aryl methyl sites for hydroxylation is 1. The van der Waals surface area contributed by atoms with Gasteiger partial charge in [-0.05, 0) is 48.5 Å². The van der Waals surface area contributed by atoms with E-state index >= 15 is 0 Å². The standard InChI is InChI=1S/C18H22N4OS/c1-14-2-7-17(19-12-14)21-18(24)20-13-15-3-5-16(6-4-15)22-8-10-23-11-9-22/h2-7,12H,8-11,13H2,1H3,(H2,19,20,21,24). The van der Waals surface area contributed by atoms with Crippen molar-refractivity contribution in [1.82, 2.24) is 10.3 Å². The average Bonchev–Trinajstić information content (AvgIpc) is 2.63. The Morgan fingerprint density at radius 3 is 2.58 bits per heavy atom. The third-order valence-electron chi connectivity index (χ3n) is 3.92. The molecule has 5 nitrogen and oxygen atoms in total. The van der Waals surface area contributed by atoms with Gasteiger partial charge in [0.1, 0.15) is 5.82 Å². The minimum Gasteiger partial charge on any atom is -0.378 e. The molecule has 2 N–H and O–H groups in total. The first kappa shape index (κ1) is 16.7. The minimum absolute atomic E-state index is 0.573. The van der Waals surface area contributed by atoms with Crippen molar-refractivity contribution in [3.63, 3.8) is 0 Å². The van der Waals surface area contributed by atoms with Gasteiger partial charge in [0.2, 0.25) is 0 Å². The van der Waals surface area contributed by atoms with Gasteiger partial charge in [-0.15, -0.1) is 0 Å². The molecule has 24 heavy (non-hydrogen) atoms. The maximum Gasteiger partial charge on any atom is 0.172 e. The number of morpholine rings is 1. The highest BCUT2D eigenvalue weighted by Crippen LogP contribution is 2.16. The van der Waals surface area contributed by atoms with Crippen LogP contribution in [0.4, 0.5) is 11.5 Å². The maximum atomic E-state index is 5.39. The van der Waals surface area contributed by atoms with E-state index in [1.165, 1.54) is 11.3 Å². The highest BCUT2D eigenvalue weighted by atomic mass is 32.1. The summed E-state index contributed by atoms with van der Waals surface area (Å²) in [6, 6.07) is 12.5. The molecule has 0 bridgehead atoms. The van der Waals surface area contributed by atoms with Crippen LogP contribution in [0.1, 0.15) is 11.1 Å². The molecule has 1 aliphatic heterocycles. The summed E-state index contributed by atoms with van der Waals surface area (Å²) in [5, 5.41) is 6.87. The number of ether oxygens (including phenoxy) is 1. The van der Waals surface area contributed by atoms with Crippen LogP contribution < -0.4 is 15.5 Å². The molecule has 0 aliphatic carbocycles. The van der Waals surface area contributed by atoms with E-state index in [1.54, 1.807) is 0 Å². The Balaban J connectivity index is 1.49. The summed E-state index contributed by atoms with van der Waals surface area (Å²) in [5.41, 5.74) is 3.56. The minimum atomic E-state index is 0.573. The van der Waals surface area contributed by atoms with E-state index in [9.17, 15) is 0 Å². The van der Waals surface area contributed by atoms with Crippen LogP contribution in [0.25, 0.3) is 0 Å². The quantitative estimate of drug-likeness (QED) is 0.833. The van der Waals surface area contributed by atoms with Gasteiger partial charge in [-0.1, -0.05) is 18.2 Å². The molecular formula is C18H22N4OS. The van der Waals surface area contributed by atoms with Crippen LogP contribution >= 0.6 is 12.2 Å². The third-order valence-corrected chi connectivity index (χ3v) is 4.17. The third kappa shape index (κ3) is 4.66. The highest BCUT2D eigenvalue weighted by molar-refractivity contribution is 7.80. The molecule has 0 spiro atoms. The van der Waals surface area contributed by atoms with Crippen molar-refractivity contribution in [2.24, 2.45) is 0 Å². The van der Waals surface area contributed by atoms with Crippen molar-refractivity contribution in [3.8, 4) is 0 Å². The smallest absolute Gasteiger partial charge is 0.172 e. The first-order chi connectivity index (χ1) is 11.7. The Morgan fingerprint density at radius 2 is 1.92 bits per heavy atom. The fraction of sp³-hybridized carbons (Fsp3) is 0.333. The molecule has 1 aromatic heterocycles. The predicted molar refractivity (Wildman–Crippen MR) is 102 cm³/mol. The van der Waals surface area contributed by atoms with Gasteiger partial charge in [-0.2, -0.15) is 0 Å². The normalized spacial score (nSPS) is 14.3. The van der Waals surface area contributed by atoms with Crippen molar-refractivity contribution in [3.05, 3.63) is 53.7 Å². The second kappa shape index (κ2) is 8.08. The van der Waals surface area contributed by atoms with Gasteiger partial charge in [-0.3, -0.25) is 0 Å². The van der Waals surface area contributed by atoms with E-state index in [1.807, 2.05) is 25.3 Å². The largest absolute Gasteiger partial charge is 0.378 e. The van der Waals surface area contributed by atoms with Gasteiger partial charge in [0.25, 0.3) is 0 Å². The molecular weight excluding hydrogens is 320 g/mol. The first-order valence-corrected chi connectivity index (χ1v) is 8.51. The van der Waals surface area contributed by atoms with Crippen molar-refractivity contribution >= 4 is 28.8 Å². The fourth-order valence-corrected chi connectivity index (χ4v) is 2.71. The first-order valence-electron chi connectivity index (χ1n) is 8.10. The summed E-state index contributed by atoms with van der Waals surface area (Å²) in [6.45, 7) is 6.20. The highest BCUT2D eigenvalue weighted by Gasteiger charge is 2.10. The van der Waals surface area contributed by atoms with E-state index in [4.69, 9.17) is 17.0 Å². The van der Waals surface area contributed by atoms with Crippen LogP contribution in [0.5, 0.6) is 0 Å². The van der Waals surface area contributed by atoms with Gasteiger partial charge in [0.05, 0.1) is 13.2 Å². The molecule has 0 atom stereocenters. The molecule has 1 aliphatic rings. The monoisotopic (exact) mass is 342 g/mol. The topological polar surface area (TPSA) is 49.4 Å². The zero-order chi connectivity index (χ0) is 16.8. The number of pyridine rings is 1. The Bertz CT molecular complexity index is 666. The lowest BCUT2D eigenvalue weighted by molar-refractivity contribution is 0.122. The van der Waals surface area contributed by atoms with Crippen molar-refractivity contribution in [2.45, 2.75) is 13.5 Å². The number of nitrogens with zero attached hydrogens (tertiary/aromatic N) is 2. The lowest BCUT2D eigenvalue weighted by atomic mass is 10.2. The Kier molecular flexibility index (Phi) is 5.61. The summed E-state index contributed by atoms with van der Waals surface area (Å²) in [4.78, 5) is 6.63. The number of nitrogens with one attached hydrogen (secondary N) is 2. The summed E-state index contributed by atoms with van der Waals surface area (Å²) >= 11 is 5.31. The number of benzene rings is 1. The van der Waals surface area contributed by atoms with E-state index in [-0.39, 0.29) is 0 Å². The van der Waals surface area contributed by atoms with Crippen LogP contribution in [-0.4, -0.2) is 36.4 Å². The molecule has 126 valence electrons. The zero-order valence-electron chi connectivity index (χ0n) is 13.8. The van der Waals surface area contributed by atoms with Crippen molar-refractivity contribution in [2.75, 3.05) is 36.5 Å². The van der Waals surface area contributed by atoms with Gasteiger partial charge in [0.15, 0.2) is 5.11 Å². The fourth-order valence-electron chi connectivity index (χ4n) is 2.53. The van der Waals surface area contributed by atoms with E-state index < -0.39 is 0 Å². The summed E-state index contributed by atoms with van der Waals surface area (Å²) in [6.07, 6.45) is 1.81. The molecule has 6 heteroatoms. The van der Waals surface area contributed by atoms with E-state index in [0.717, 1.165) is 37.7 Å². The van der Waals surface area contributed by atoms with Crippen LogP contribution in [0, 0.1) is 6.92 Å². The molecule has 3 rings (SSSR count). The molecule has 2 heterocycles. The molecule has 1 saturated heterocycles. The second-order valence-electron chi connectivity index (χ2n) is 5.79. The van der Waals surface area contributed by atoms with Gasteiger partial charge in [0, 0.05) is 31.5 Å². The predicted octanol–water partition coefficient (Wildman–Crippen LogP) is 2.71. The lowest BCUT2D eigenvalue weighted by Crippen LogP contribution is -2.36. The number of hydrogen-bond acceptors (Lipinski definition) is 4. The molecule has 0 amide bonds. The second-order valence-corrected chi connectivity index (χ2v) is 6.20. The van der Waals surface area contributed by atoms with Crippen LogP contribution in [0.15, 0.2) is 42.6 Å². The number of aromatic nitrogens is 1. The van der Waals surface area contributed by atoms with Crippen LogP contribution in [-0.2, 0) is 11.3 Å². The summed E-state index contributed by atoms with van der Waals surface area (Å²) in [5.74, 6) is 0.751. The molecule has 0 unspecified atom stereocenters. The summed E-state index contributed by atoms with van der Waals surface area (Å²) in [7, 11) is 0. The lowest BCUT2D eigenvalue weighted by Gasteiger charge is -2.28. The number of hydrogen-bond donors (Lipinski definition) is 2. The Morgan fingerprint density at radius 1 is 1.17 bits per heavy atom. The van der Waals surface area contributed by atoms with E-state index in [0.29, 0.717) is 11.7 Å². The zero-order valence-corrected chi connectivity index (χ0v) is 14.6.